The van der Waals surface area contributed by atoms with Crippen molar-refractivity contribution in [3.63, 3.8) is 0 Å². The van der Waals surface area contributed by atoms with Crippen LogP contribution in [0.1, 0.15) is 37.7 Å². The summed E-state index contributed by atoms with van der Waals surface area (Å²) in [4.78, 5) is 12.3. The SMILES string of the molecule is Cc1ccc(S(=O)(=O)N2C(=O)CC[C@H]2COC2CCCCO2)cc1. The second kappa shape index (κ2) is 7.21. The van der Waals surface area contributed by atoms with Gasteiger partial charge in [0.25, 0.3) is 10.0 Å². The number of aryl methyl sites for hydroxylation is 1. The van der Waals surface area contributed by atoms with Crippen molar-refractivity contribution in [1.82, 2.24) is 4.31 Å². The van der Waals surface area contributed by atoms with E-state index in [1.54, 1.807) is 24.3 Å². The highest BCUT2D eigenvalue weighted by atomic mass is 32.2. The van der Waals surface area contributed by atoms with Crippen LogP contribution >= 0.6 is 0 Å². The van der Waals surface area contributed by atoms with E-state index in [1.807, 2.05) is 6.92 Å². The van der Waals surface area contributed by atoms with Gasteiger partial charge in [0.05, 0.1) is 17.5 Å². The number of sulfonamides is 1. The van der Waals surface area contributed by atoms with Crippen molar-refractivity contribution in [2.75, 3.05) is 13.2 Å². The summed E-state index contributed by atoms with van der Waals surface area (Å²) in [5.41, 5.74) is 0.969. The van der Waals surface area contributed by atoms with Crippen LogP contribution in [0.15, 0.2) is 29.2 Å². The van der Waals surface area contributed by atoms with Gasteiger partial charge in [0.2, 0.25) is 5.91 Å². The monoisotopic (exact) mass is 353 g/mol. The quantitative estimate of drug-likeness (QED) is 0.811. The predicted octanol–water partition coefficient (Wildman–Crippen LogP) is 2.22. The summed E-state index contributed by atoms with van der Waals surface area (Å²) in [5, 5.41) is 0. The number of rotatable bonds is 5. The lowest BCUT2D eigenvalue weighted by atomic mass is 10.2. The van der Waals surface area contributed by atoms with Crippen LogP contribution in [0.5, 0.6) is 0 Å². The summed E-state index contributed by atoms with van der Waals surface area (Å²) in [7, 11) is -3.84. The van der Waals surface area contributed by atoms with Gasteiger partial charge in [0.1, 0.15) is 0 Å². The van der Waals surface area contributed by atoms with Gasteiger partial charge in [0.15, 0.2) is 6.29 Å². The number of amides is 1. The third kappa shape index (κ3) is 3.63. The molecule has 2 atom stereocenters. The van der Waals surface area contributed by atoms with Gasteiger partial charge in [-0.3, -0.25) is 4.79 Å². The Hall–Kier alpha value is -1.44. The molecule has 0 radical (unpaired) electrons. The Kier molecular flexibility index (Phi) is 5.22. The molecule has 6 nitrogen and oxygen atoms in total. The van der Waals surface area contributed by atoms with Gasteiger partial charge in [0, 0.05) is 13.0 Å². The fourth-order valence-electron chi connectivity index (χ4n) is 3.09. The summed E-state index contributed by atoms with van der Waals surface area (Å²) in [6.07, 6.45) is 3.29. The maximum absolute atomic E-state index is 12.8. The van der Waals surface area contributed by atoms with Crippen LogP contribution in [0, 0.1) is 6.92 Å². The van der Waals surface area contributed by atoms with E-state index in [9.17, 15) is 13.2 Å². The average Bonchev–Trinajstić information content (AvgIpc) is 2.96. The molecule has 2 heterocycles. The van der Waals surface area contributed by atoms with E-state index < -0.39 is 16.1 Å². The minimum Gasteiger partial charge on any atom is -0.353 e. The minimum atomic E-state index is -3.84. The standard InChI is InChI=1S/C17H23NO5S/c1-13-5-8-15(9-6-13)24(20,21)18-14(7-10-16(18)19)12-23-17-4-2-3-11-22-17/h5-6,8-9,14,17H,2-4,7,10-12H2,1H3/t14-,17?/m0/s1. The van der Waals surface area contributed by atoms with Crippen molar-refractivity contribution in [3.05, 3.63) is 29.8 Å². The molecule has 0 N–H and O–H groups in total. The van der Waals surface area contributed by atoms with E-state index in [2.05, 4.69) is 0 Å². The Morgan fingerprint density at radius 1 is 1.21 bits per heavy atom. The number of nitrogens with zero attached hydrogens (tertiary/aromatic N) is 1. The third-order valence-electron chi connectivity index (χ3n) is 4.46. The smallest absolute Gasteiger partial charge is 0.266 e. The molecule has 3 rings (SSSR count). The lowest BCUT2D eigenvalue weighted by molar-refractivity contribution is -0.168. The average molecular weight is 353 g/mol. The first kappa shape index (κ1) is 17.4. The molecular weight excluding hydrogens is 330 g/mol. The molecule has 2 aliphatic heterocycles. The molecule has 1 aromatic rings. The highest BCUT2D eigenvalue weighted by Gasteiger charge is 2.41. The van der Waals surface area contributed by atoms with Crippen molar-refractivity contribution in [3.8, 4) is 0 Å². The number of benzene rings is 1. The van der Waals surface area contributed by atoms with Crippen LogP contribution in [0.4, 0.5) is 0 Å². The van der Waals surface area contributed by atoms with Gasteiger partial charge in [-0.15, -0.1) is 0 Å². The topological polar surface area (TPSA) is 72.9 Å². The molecule has 0 bridgehead atoms. The molecule has 2 aliphatic rings. The van der Waals surface area contributed by atoms with Crippen molar-refractivity contribution in [2.45, 2.75) is 56.3 Å². The van der Waals surface area contributed by atoms with E-state index in [0.29, 0.717) is 13.0 Å². The van der Waals surface area contributed by atoms with E-state index >= 15 is 0 Å². The van der Waals surface area contributed by atoms with Gasteiger partial charge in [-0.1, -0.05) is 17.7 Å². The number of carbonyl (C=O) groups is 1. The molecule has 2 fully saturated rings. The Balaban J connectivity index is 1.73. The Morgan fingerprint density at radius 3 is 2.62 bits per heavy atom. The van der Waals surface area contributed by atoms with E-state index in [0.717, 1.165) is 29.1 Å². The van der Waals surface area contributed by atoms with Crippen LogP contribution in [0.25, 0.3) is 0 Å². The second-order valence-corrected chi connectivity index (χ2v) is 8.14. The first-order valence-corrected chi connectivity index (χ1v) is 9.79. The zero-order valence-corrected chi connectivity index (χ0v) is 14.6. The molecular formula is C17H23NO5S. The maximum atomic E-state index is 12.8. The Labute approximate surface area is 142 Å². The minimum absolute atomic E-state index is 0.141. The van der Waals surface area contributed by atoms with E-state index in [1.165, 1.54) is 0 Å². The molecule has 0 spiro atoms. The van der Waals surface area contributed by atoms with Crippen LogP contribution in [0.2, 0.25) is 0 Å². The number of ether oxygens (including phenoxy) is 2. The van der Waals surface area contributed by atoms with Gasteiger partial charge in [-0.05, 0) is 44.7 Å². The molecule has 132 valence electrons. The highest BCUT2D eigenvalue weighted by molar-refractivity contribution is 7.89. The molecule has 24 heavy (non-hydrogen) atoms. The first-order chi connectivity index (χ1) is 11.5. The van der Waals surface area contributed by atoms with Crippen molar-refractivity contribution in [2.24, 2.45) is 0 Å². The van der Waals surface area contributed by atoms with Gasteiger partial charge in [-0.2, -0.15) is 0 Å². The van der Waals surface area contributed by atoms with E-state index in [4.69, 9.17) is 9.47 Å². The van der Waals surface area contributed by atoms with Gasteiger partial charge < -0.3 is 9.47 Å². The fourth-order valence-corrected chi connectivity index (χ4v) is 4.71. The first-order valence-electron chi connectivity index (χ1n) is 8.35. The van der Waals surface area contributed by atoms with Crippen molar-refractivity contribution < 1.29 is 22.7 Å². The molecule has 1 aromatic carbocycles. The summed E-state index contributed by atoms with van der Waals surface area (Å²) in [6, 6.07) is 6.08. The molecule has 1 unspecified atom stereocenters. The maximum Gasteiger partial charge on any atom is 0.266 e. The van der Waals surface area contributed by atoms with Crippen LogP contribution in [-0.2, 0) is 24.3 Å². The number of hydrogen-bond acceptors (Lipinski definition) is 5. The van der Waals surface area contributed by atoms with Crippen LogP contribution < -0.4 is 0 Å². The Morgan fingerprint density at radius 2 is 1.96 bits per heavy atom. The summed E-state index contributed by atoms with van der Waals surface area (Å²) < 4.78 is 37.9. The summed E-state index contributed by atoms with van der Waals surface area (Å²) in [5.74, 6) is -0.367. The highest BCUT2D eigenvalue weighted by Crippen LogP contribution is 2.28. The molecule has 7 heteroatoms. The van der Waals surface area contributed by atoms with Gasteiger partial charge in [-0.25, -0.2) is 12.7 Å². The number of hydrogen-bond donors (Lipinski definition) is 0. The second-order valence-electron chi connectivity index (χ2n) is 6.33. The number of carbonyl (C=O) groups excluding carboxylic acids is 1. The summed E-state index contributed by atoms with van der Waals surface area (Å²) >= 11 is 0. The van der Waals surface area contributed by atoms with Crippen molar-refractivity contribution >= 4 is 15.9 Å². The third-order valence-corrected chi connectivity index (χ3v) is 6.35. The normalized spacial score (nSPS) is 25.2. The lowest BCUT2D eigenvalue weighted by Gasteiger charge is -2.28. The Bertz CT molecular complexity index is 679. The molecule has 0 aromatic heterocycles. The lowest BCUT2D eigenvalue weighted by Crippen LogP contribution is -2.42. The molecule has 2 saturated heterocycles. The van der Waals surface area contributed by atoms with Crippen molar-refractivity contribution in [1.29, 1.82) is 0 Å². The zero-order valence-electron chi connectivity index (χ0n) is 13.8. The fraction of sp³-hybridized carbons (Fsp3) is 0.588. The van der Waals surface area contributed by atoms with Crippen LogP contribution in [-0.4, -0.2) is 44.2 Å². The van der Waals surface area contributed by atoms with Gasteiger partial charge >= 0.3 is 0 Å². The molecule has 0 aliphatic carbocycles. The molecule has 0 saturated carbocycles. The van der Waals surface area contributed by atoms with E-state index in [-0.39, 0.29) is 30.1 Å². The largest absolute Gasteiger partial charge is 0.353 e. The summed E-state index contributed by atoms with van der Waals surface area (Å²) in [6.45, 7) is 2.74. The predicted molar refractivity (Wildman–Crippen MR) is 87.8 cm³/mol. The zero-order chi connectivity index (χ0) is 17.2. The molecule has 1 amide bonds. The van der Waals surface area contributed by atoms with Crippen LogP contribution in [0.3, 0.4) is 0 Å².